The molecule has 0 amide bonds. The molecule has 2 aliphatic carbocycles. The summed E-state index contributed by atoms with van der Waals surface area (Å²) in [5.41, 5.74) is 0. The van der Waals surface area contributed by atoms with Crippen molar-refractivity contribution in [2.75, 3.05) is 6.61 Å². The Morgan fingerprint density at radius 2 is 1.47 bits per heavy atom. The Hall–Kier alpha value is -1.64. The molecule has 2 atom stereocenters. The van der Waals surface area contributed by atoms with Crippen LogP contribution in [-0.2, 0) is 4.74 Å². The van der Waals surface area contributed by atoms with Crippen LogP contribution in [0.25, 0.3) is 0 Å². The fourth-order valence-corrected chi connectivity index (χ4v) is 5.31. The molecule has 0 saturated heterocycles. The van der Waals surface area contributed by atoms with E-state index in [1.807, 2.05) is 13.8 Å². The molecule has 206 valence electrons. The molecular weight excluding hydrogens is 486 g/mol. The van der Waals surface area contributed by atoms with E-state index in [1.165, 1.54) is 12.1 Å². The van der Waals surface area contributed by atoms with Gasteiger partial charge < -0.3 is 14.2 Å². The topological polar surface area (TPSA) is 27.7 Å². The van der Waals surface area contributed by atoms with Gasteiger partial charge in [0.25, 0.3) is 5.92 Å². The SMILES string of the molecule is CCCCOc1ccc(OC(F)(F)C2CCC(OC(F)(F)C3CCC(CCC)CC3(F)F)CC2)cc1. The molecule has 2 aliphatic rings. The van der Waals surface area contributed by atoms with E-state index in [2.05, 4.69) is 0 Å². The van der Waals surface area contributed by atoms with Crippen LogP contribution in [0.2, 0.25) is 0 Å². The quantitative estimate of drug-likeness (QED) is 0.202. The molecular formula is C27H38F6O3. The van der Waals surface area contributed by atoms with Crippen molar-refractivity contribution in [1.82, 2.24) is 0 Å². The van der Waals surface area contributed by atoms with Gasteiger partial charge in [0.05, 0.1) is 18.6 Å². The van der Waals surface area contributed by atoms with Gasteiger partial charge in [-0.25, -0.2) is 8.78 Å². The predicted molar refractivity (Wildman–Crippen MR) is 125 cm³/mol. The third kappa shape index (κ3) is 7.68. The minimum Gasteiger partial charge on any atom is -0.494 e. The molecule has 0 N–H and O–H groups in total. The van der Waals surface area contributed by atoms with Gasteiger partial charge in [-0.15, -0.1) is 0 Å². The predicted octanol–water partition coefficient (Wildman–Crippen LogP) is 8.86. The highest BCUT2D eigenvalue weighted by Gasteiger charge is 2.59. The van der Waals surface area contributed by atoms with Crippen molar-refractivity contribution in [3.63, 3.8) is 0 Å². The van der Waals surface area contributed by atoms with Crippen LogP contribution < -0.4 is 9.47 Å². The number of alkyl halides is 6. The second kappa shape index (κ2) is 12.3. The van der Waals surface area contributed by atoms with Gasteiger partial charge in [0.2, 0.25) is 0 Å². The fraction of sp³-hybridized carbons (Fsp3) is 0.778. The molecule has 1 aromatic carbocycles. The van der Waals surface area contributed by atoms with Gasteiger partial charge in [-0.3, -0.25) is 0 Å². The molecule has 2 saturated carbocycles. The van der Waals surface area contributed by atoms with Crippen LogP contribution in [0.1, 0.15) is 84.5 Å². The van der Waals surface area contributed by atoms with E-state index in [-0.39, 0.29) is 43.8 Å². The third-order valence-electron chi connectivity index (χ3n) is 7.35. The van der Waals surface area contributed by atoms with Gasteiger partial charge >= 0.3 is 12.2 Å². The summed E-state index contributed by atoms with van der Waals surface area (Å²) in [4.78, 5) is 0. The highest BCUT2D eigenvalue weighted by atomic mass is 19.3. The van der Waals surface area contributed by atoms with Crippen molar-refractivity contribution in [2.24, 2.45) is 17.8 Å². The van der Waals surface area contributed by atoms with E-state index in [0.717, 1.165) is 19.3 Å². The smallest absolute Gasteiger partial charge is 0.400 e. The van der Waals surface area contributed by atoms with Crippen LogP contribution in [0.4, 0.5) is 26.3 Å². The number of hydrogen-bond donors (Lipinski definition) is 0. The number of benzene rings is 1. The maximum Gasteiger partial charge on any atom is 0.400 e. The zero-order valence-electron chi connectivity index (χ0n) is 21.1. The van der Waals surface area contributed by atoms with Crippen LogP contribution in [-0.4, -0.2) is 30.9 Å². The summed E-state index contributed by atoms with van der Waals surface area (Å²) >= 11 is 0. The number of rotatable bonds is 12. The minimum absolute atomic E-state index is 0.0198. The Morgan fingerprint density at radius 1 is 0.833 bits per heavy atom. The molecule has 2 unspecified atom stereocenters. The molecule has 1 aromatic rings. The summed E-state index contributed by atoms with van der Waals surface area (Å²) in [5.74, 6) is -6.61. The first-order valence-electron chi connectivity index (χ1n) is 13.2. The van der Waals surface area contributed by atoms with Crippen LogP contribution >= 0.6 is 0 Å². The number of ether oxygens (including phenoxy) is 3. The summed E-state index contributed by atoms with van der Waals surface area (Å²) < 4.78 is 103. The normalized spacial score (nSPS) is 27.0. The second-order valence-corrected chi connectivity index (χ2v) is 10.2. The molecule has 0 spiro atoms. The van der Waals surface area contributed by atoms with E-state index in [4.69, 9.17) is 14.2 Å². The standard InChI is InChI=1S/C27H38F6O3/c1-3-5-17-34-21-12-14-23(15-13-21)35-26(30,31)20-8-10-22(11-9-20)36-27(32,33)24-16-7-19(6-4-2)18-25(24,28)29/h12-15,19-20,22,24H,3-11,16-18H2,1-2H3. The van der Waals surface area contributed by atoms with Crippen LogP contribution in [0, 0.1) is 17.8 Å². The molecule has 3 rings (SSSR count). The van der Waals surface area contributed by atoms with Crippen molar-refractivity contribution in [3.05, 3.63) is 24.3 Å². The summed E-state index contributed by atoms with van der Waals surface area (Å²) in [6.07, 6.45) is -6.27. The summed E-state index contributed by atoms with van der Waals surface area (Å²) in [7, 11) is 0. The lowest BCUT2D eigenvalue weighted by atomic mass is 9.76. The Kier molecular flexibility index (Phi) is 9.86. The highest BCUT2D eigenvalue weighted by Crippen LogP contribution is 2.51. The van der Waals surface area contributed by atoms with Gasteiger partial charge in [-0.05, 0) is 75.1 Å². The average molecular weight is 525 g/mol. The van der Waals surface area contributed by atoms with Crippen molar-refractivity contribution >= 4 is 0 Å². The van der Waals surface area contributed by atoms with E-state index in [9.17, 15) is 26.3 Å². The number of hydrogen-bond acceptors (Lipinski definition) is 3. The molecule has 2 fully saturated rings. The first-order valence-corrected chi connectivity index (χ1v) is 13.2. The minimum atomic E-state index is -4.00. The highest BCUT2D eigenvalue weighted by molar-refractivity contribution is 5.31. The first kappa shape index (κ1) is 28.9. The molecule has 0 heterocycles. The molecule has 0 aromatic heterocycles. The molecule has 0 radical (unpaired) electrons. The Balaban J connectivity index is 1.50. The number of halogens is 6. The van der Waals surface area contributed by atoms with Crippen LogP contribution in [0.3, 0.4) is 0 Å². The first-order chi connectivity index (χ1) is 17.0. The largest absolute Gasteiger partial charge is 0.494 e. The fourth-order valence-electron chi connectivity index (χ4n) is 5.31. The van der Waals surface area contributed by atoms with Gasteiger partial charge in [-0.2, -0.15) is 17.6 Å². The Labute approximate surface area is 209 Å². The second-order valence-electron chi connectivity index (χ2n) is 10.2. The van der Waals surface area contributed by atoms with E-state index in [1.54, 1.807) is 12.1 Å². The van der Waals surface area contributed by atoms with Gasteiger partial charge in [0, 0.05) is 6.42 Å². The zero-order chi connectivity index (χ0) is 26.4. The van der Waals surface area contributed by atoms with E-state index in [0.29, 0.717) is 25.2 Å². The lowest BCUT2D eigenvalue weighted by Gasteiger charge is -2.41. The van der Waals surface area contributed by atoms with Crippen LogP contribution in [0.15, 0.2) is 24.3 Å². The van der Waals surface area contributed by atoms with Crippen molar-refractivity contribution in [2.45, 2.75) is 109 Å². The summed E-state index contributed by atoms with van der Waals surface area (Å²) in [6.45, 7) is 4.45. The van der Waals surface area contributed by atoms with Crippen LogP contribution in [0.5, 0.6) is 11.5 Å². The maximum absolute atomic E-state index is 14.8. The van der Waals surface area contributed by atoms with Gasteiger partial charge in [0.1, 0.15) is 17.4 Å². The molecule has 3 nitrogen and oxygen atoms in total. The Bertz CT molecular complexity index is 793. The van der Waals surface area contributed by atoms with Crippen molar-refractivity contribution < 1.29 is 40.6 Å². The summed E-state index contributed by atoms with van der Waals surface area (Å²) in [6, 6.07) is 5.92. The van der Waals surface area contributed by atoms with Gasteiger partial charge in [0.15, 0.2) is 0 Å². The third-order valence-corrected chi connectivity index (χ3v) is 7.35. The zero-order valence-corrected chi connectivity index (χ0v) is 21.1. The van der Waals surface area contributed by atoms with E-state index >= 15 is 0 Å². The van der Waals surface area contributed by atoms with Gasteiger partial charge in [-0.1, -0.05) is 33.1 Å². The van der Waals surface area contributed by atoms with Crippen molar-refractivity contribution in [1.29, 1.82) is 0 Å². The molecule has 36 heavy (non-hydrogen) atoms. The maximum atomic E-state index is 14.8. The molecule has 0 bridgehead atoms. The average Bonchev–Trinajstić information content (AvgIpc) is 2.80. The monoisotopic (exact) mass is 524 g/mol. The van der Waals surface area contributed by atoms with E-state index < -0.39 is 42.5 Å². The Morgan fingerprint density at radius 3 is 2.06 bits per heavy atom. The molecule has 0 aliphatic heterocycles. The molecule has 9 heteroatoms. The van der Waals surface area contributed by atoms with Crippen molar-refractivity contribution in [3.8, 4) is 11.5 Å². The lowest BCUT2D eigenvalue weighted by Crippen LogP contribution is -2.49. The number of unbranched alkanes of at least 4 members (excludes halogenated alkanes) is 1. The summed E-state index contributed by atoms with van der Waals surface area (Å²) in [5, 5.41) is 0. The lowest BCUT2D eigenvalue weighted by molar-refractivity contribution is -0.339.